The average Bonchev–Trinajstić information content (AvgIpc) is 2.63. The fourth-order valence-electron chi connectivity index (χ4n) is 1.45. The Bertz CT molecular complexity index is 299. The molecule has 1 N–H and O–H groups in total. The maximum Gasteiger partial charge on any atom is 0.165 e. The Labute approximate surface area is 96.3 Å². The monoisotopic (exact) mass is 227 g/mol. The summed E-state index contributed by atoms with van der Waals surface area (Å²) in [6.07, 6.45) is 1.54. The van der Waals surface area contributed by atoms with Crippen molar-refractivity contribution in [3.8, 4) is 0 Å². The van der Waals surface area contributed by atoms with Gasteiger partial charge in [0.25, 0.3) is 0 Å². The standard InChI is InChI=1S/C10H21N5O/c1-4-6-15-10(11-12-13-15)8-14(3)7-5-9(2)16/h9,16H,4-8H2,1-3H3. The second-order valence-corrected chi connectivity index (χ2v) is 4.19. The van der Waals surface area contributed by atoms with Crippen molar-refractivity contribution in [3.63, 3.8) is 0 Å². The molecule has 0 aromatic carbocycles. The van der Waals surface area contributed by atoms with E-state index < -0.39 is 0 Å². The lowest BCUT2D eigenvalue weighted by atomic mass is 10.3. The molecule has 1 atom stereocenters. The smallest absolute Gasteiger partial charge is 0.165 e. The van der Waals surface area contributed by atoms with Gasteiger partial charge in [0.05, 0.1) is 12.6 Å². The van der Waals surface area contributed by atoms with Crippen LogP contribution in [0.15, 0.2) is 0 Å². The molecule has 0 aliphatic heterocycles. The number of hydrogen-bond donors (Lipinski definition) is 1. The molecule has 0 aliphatic carbocycles. The van der Waals surface area contributed by atoms with Crippen LogP contribution in [0.5, 0.6) is 0 Å². The van der Waals surface area contributed by atoms with Crippen molar-refractivity contribution >= 4 is 0 Å². The van der Waals surface area contributed by atoms with Gasteiger partial charge in [-0.15, -0.1) is 5.10 Å². The highest BCUT2D eigenvalue weighted by atomic mass is 16.3. The van der Waals surface area contributed by atoms with Crippen molar-refractivity contribution in [2.24, 2.45) is 0 Å². The predicted octanol–water partition coefficient (Wildman–Crippen LogP) is 0.286. The molecule has 0 saturated heterocycles. The molecule has 92 valence electrons. The Morgan fingerprint density at radius 2 is 2.25 bits per heavy atom. The molecule has 1 heterocycles. The number of aromatic nitrogens is 4. The minimum Gasteiger partial charge on any atom is -0.393 e. The fraction of sp³-hybridized carbons (Fsp3) is 0.900. The Morgan fingerprint density at radius 3 is 2.88 bits per heavy atom. The highest BCUT2D eigenvalue weighted by Gasteiger charge is 2.09. The molecule has 0 fully saturated rings. The highest BCUT2D eigenvalue weighted by molar-refractivity contribution is 4.80. The largest absolute Gasteiger partial charge is 0.393 e. The zero-order chi connectivity index (χ0) is 12.0. The van der Waals surface area contributed by atoms with E-state index in [0.717, 1.165) is 38.3 Å². The fourth-order valence-corrected chi connectivity index (χ4v) is 1.45. The van der Waals surface area contributed by atoms with Gasteiger partial charge in [-0.25, -0.2) is 4.68 Å². The second kappa shape index (κ2) is 6.55. The summed E-state index contributed by atoms with van der Waals surface area (Å²) in [5, 5.41) is 20.8. The van der Waals surface area contributed by atoms with E-state index in [1.807, 2.05) is 11.7 Å². The molecular weight excluding hydrogens is 206 g/mol. The molecule has 0 bridgehead atoms. The van der Waals surface area contributed by atoms with Crippen LogP contribution >= 0.6 is 0 Å². The normalized spacial score (nSPS) is 13.3. The first-order chi connectivity index (χ1) is 7.63. The van der Waals surface area contributed by atoms with Crippen molar-refractivity contribution < 1.29 is 5.11 Å². The third-order valence-electron chi connectivity index (χ3n) is 2.38. The van der Waals surface area contributed by atoms with Crippen LogP contribution in [0.4, 0.5) is 0 Å². The van der Waals surface area contributed by atoms with Gasteiger partial charge in [0.2, 0.25) is 0 Å². The lowest BCUT2D eigenvalue weighted by Crippen LogP contribution is -2.24. The summed E-state index contributed by atoms with van der Waals surface area (Å²) in [5.41, 5.74) is 0. The van der Waals surface area contributed by atoms with Crippen molar-refractivity contribution in [1.29, 1.82) is 0 Å². The predicted molar refractivity (Wildman–Crippen MR) is 60.7 cm³/mol. The van der Waals surface area contributed by atoms with Gasteiger partial charge >= 0.3 is 0 Å². The van der Waals surface area contributed by atoms with Gasteiger partial charge in [0, 0.05) is 13.1 Å². The van der Waals surface area contributed by atoms with Gasteiger partial charge in [0.15, 0.2) is 5.82 Å². The molecule has 0 saturated carbocycles. The molecule has 6 nitrogen and oxygen atoms in total. The van der Waals surface area contributed by atoms with Gasteiger partial charge in [-0.1, -0.05) is 6.92 Å². The first-order valence-corrected chi connectivity index (χ1v) is 5.75. The van der Waals surface area contributed by atoms with Crippen molar-refractivity contribution in [1.82, 2.24) is 25.1 Å². The van der Waals surface area contributed by atoms with Crippen LogP contribution < -0.4 is 0 Å². The first kappa shape index (κ1) is 13.1. The summed E-state index contributed by atoms with van der Waals surface area (Å²) < 4.78 is 1.83. The molecule has 0 aliphatic rings. The maximum absolute atomic E-state index is 9.19. The van der Waals surface area contributed by atoms with Crippen LogP contribution in [0.2, 0.25) is 0 Å². The van der Waals surface area contributed by atoms with Crippen LogP contribution in [0.25, 0.3) is 0 Å². The van der Waals surface area contributed by atoms with E-state index in [0.29, 0.717) is 0 Å². The van der Waals surface area contributed by atoms with Crippen molar-refractivity contribution in [2.45, 2.75) is 45.9 Å². The minimum atomic E-state index is -0.255. The molecule has 0 spiro atoms. The van der Waals surface area contributed by atoms with Crippen molar-refractivity contribution in [3.05, 3.63) is 5.82 Å². The molecule has 16 heavy (non-hydrogen) atoms. The van der Waals surface area contributed by atoms with Gasteiger partial charge < -0.3 is 5.11 Å². The number of aliphatic hydroxyl groups excluding tert-OH is 1. The first-order valence-electron chi connectivity index (χ1n) is 5.75. The summed E-state index contributed by atoms with van der Waals surface area (Å²) in [6, 6.07) is 0. The topological polar surface area (TPSA) is 67.1 Å². The van der Waals surface area contributed by atoms with Gasteiger partial charge in [0.1, 0.15) is 0 Å². The summed E-state index contributed by atoms with van der Waals surface area (Å²) in [7, 11) is 2.01. The van der Waals surface area contributed by atoms with E-state index >= 15 is 0 Å². The minimum absolute atomic E-state index is 0.255. The third-order valence-corrected chi connectivity index (χ3v) is 2.38. The van der Waals surface area contributed by atoms with E-state index in [-0.39, 0.29) is 6.10 Å². The van der Waals surface area contributed by atoms with Crippen LogP contribution in [0, 0.1) is 0 Å². The third kappa shape index (κ3) is 4.24. The summed E-state index contributed by atoms with van der Waals surface area (Å²) in [5.74, 6) is 0.884. The molecule has 6 heteroatoms. The Morgan fingerprint density at radius 1 is 1.50 bits per heavy atom. The molecule has 1 aromatic heterocycles. The molecular formula is C10H21N5O. The number of nitrogens with zero attached hydrogens (tertiary/aromatic N) is 5. The van der Waals surface area contributed by atoms with E-state index in [2.05, 4.69) is 27.3 Å². The van der Waals surface area contributed by atoms with Crippen LogP contribution in [-0.2, 0) is 13.1 Å². The van der Waals surface area contributed by atoms with Crippen LogP contribution in [-0.4, -0.2) is 49.9 Å². The van der Waals surface area contributed by atoms with E-state index in [4.69, 9.17) is 0 Å². The molecule has 1 aromatic rings. The van der Waals surface area contributed by atoms with E-state index in [1.54, 1.807) is 6.92 Å². The van der Waals surface area contributed by atoms with E-state index in [1.165, 1.54) is 0 Å². The van der Waals surface area contributed by atoms with Gasteiger partial charge in [-0.2, -0.15) is 0 Å². The lowest BCUT2D eigenvalue weighted by Gasteiger charge is -2.16. The number of hydrogen-bond acceptors (Lipinski definition) is 5. The zero-order valence-corrected chi connectivity index (χ0v) is 10.3. The number of aryl methyl sites for hydroxylation is 1. The zero-order valence-electron chi connectivity index (χ0n) is 10.3. The summed E-state index contributed by atoms with van der Waals surface area (Å²) >= 11 is 0. The lowest BCUT2D eigenvalue weighted by molar-refractivity contribution is 0.161. The van der Waals surface area contributed by atoms with E-state index in [9.17, 15) is 5.11 Å². The number of tetrazole rings is 1. The SMILES string of the molecule is CCCn1nnnc1CN(C)CCC(C)O. The molecule has 0 radical (unpaired) electrons. The summed E-state index contributed by atoms with van der Waals surface area (Å²) in [4.78, 5) is 2.12. The number of aliphatic hydroxyl groups is 1. The molecule has 0 amide bonds. The van der Waals surface area contributed by atoms with Crippen LogP contribution in [0.1, 0.15) is 32.5 Å². The number of rotatable bonds is 7. The Balaban J connectivity index is 2.42. The van der Waals surface area contributed by atoms with Crippen LogP contribution in [0.3, 0.4) is 0 Å². The van der Waals surface area contributed by atoms with Gasteiger partial charge in [-0.3, -0.25) is 4.90 Å². The molecule has 1 unspecified atom stereocenters. The Kier molecular flexibility index (Phi) is 5.34. The van der Waals surface area contributed by atoms with Gasteiger partial charge in [-0.05, 0) is 37.2 Å². The average molecular weight is 227 g/mol. The highest BCUT2D eigenvalue weighted by Crippen LogP contribution is 2.01. The molecule has 1 rings (SSSR count). The maximum atomic E-state index is 9.19. The quantitative estimate of drug-likeness (QED) is 0.725. The van der Waals surface area contributed by atoms with Crippen molar-refractivity contribution in [2.75, 3.05) is 13.6 Å². The Hall–Kier alpha value is -1.01. The second-order valence-electron chi connectivity index (χ2n) is 4.19. The summed E-state index contributed by atoms with van der Waals surface area (Å²) in [6.45, 7) is 6.32.